The van der Waals surface area contributed by atoms with Crippen molar-refractivity contribution in [3.63, 3.8) is 0 Å². The van der Waals surface area contributed by atoms with E-state index in [0.29, 0.717) is 40.3 Å². The number of benzene rings is 2. The average Bonchev–Trinajstić information content (AvgIpc) is 2.94. The molecule has 1 atom stereocenters. The summed E-state index contributed by atoms with van der Waals surface area (Å²) in [4.78, 5) is 20.7. The van der Waals surface area contributed by atoms with Crippen molar-refractivity contribution in [2.45, 2.75) is 44.9 Å². The maximum atomic E-state index is 12.2. The van der Waals surface area contributed by atoms with Gasteiger partial charge in [0.2, 0.25) is 11.8 Å². The van der Waals surface area contributed by atoms with Crippen molar-refractivity contribution in [2.75, 3.05) is 7.11 Å². The molecular formula is C31H30N2O4. The van der Waals surface area contributed by atoms with Crippen molar-refractivity contribution < 1.29 is 19.0 Å². The molecule has 188 valence electrons. The van der Waals surface area contributed by atoms with Crippen molar-refractivity contribution in [1.82, 2.24) is 9.97 Å². The predicted octanol–water partition coefficient (Wildman–Crippen LogP) is 7.55. The number of hydrogen-bond donors (Lipinski definition) is 0. The van der Waals surface area contributed by atoms with Gasteiger partial charge in [0.1, 0.15) is 17.8 Å². The third-order valence-electron chi connectivity index (χ3n) is 6.87. The van der Waals surface area contributed by atoms with Gasteiger partial charge >= 0.3 is 5.97 Å². The molecule has 0 N–H and O–H groups in total. The van der Waals surface area contributed by atoms with E-state index in [9.17, 15) is 4.79 Å². The van der Waals surface area contributed by atoms with Crippen LogP contribution < -0.4 is 9.47 Å². The van der Waals surface area contributed by atoms with Gasteiger partial charge in [-0.25, -0.2) is 14.8 Å². The zero-order valence-electron chi connectivity index (χ0n) is 21.1. The van der Waals surface area contributed by atoms with Crippen LogP contribution in [0.2, 0.25) is 0 Å². The van der Waals surface area contributed by atoms with Crippen LogP contribution in [0.25, 0.3) is 5.57 Å². The van der Waals surface area contributed by atoms with Crippen LogP contribution in [-0.2, 0) is 9.53 Å². The van der Waals surface area contributed by atoms with Crippen molar-refractivity contribution in [2.24, 2.45) is 0 Å². The Morgan fingerprint density at radius 1 is 1.00 bits per heavy atom. The molecule has 2 aromatic carbocycles. The highest BCUT2D eigenvalue weighted by molar-refractivity contribution is 6.17. The van der Waals surface area contributed by atoms with Gasteiger partial charge in [-0.2, -0.15) is 0 Å². The number of para-hydroxylation sites is 1. The molecule has 1 heterocycles. The van der Waals surface area contributed by atoms with E-state index in [1.54, 1.807) is 36.8 Å². The first-order valence-electron chi connectivity index (χ1n) is 12.7. The van der Waals surface area contributed by atoms with E-state index >= 15 is 0 Å². The first-order chi connectivity index (χ1) is 18.2. The minimum absolute atomic E-state index is 0.306. The summed E-state index contributed by atoms with van der Waals surface area (Å²) >= 11 is 0. The van der Waals surface area contributed by atoms with Crippen LogP contribution in [0.15, 0.2) is 90.3 Å². The zero-order chi connectivity index (χ0) is 25.6. The number of carbonyl (C=O) groups is 1. The Kier molecular flexibility index (Phi) is 7.45. The first-order valence-corrected chi connectivity index (χ1v) is 12.7. The minimum Gasteiger partial charge on any atom is -0.465 e. The van der Waals surface area contributed by atoms with Crippen LogP contribution >= 0.6 is 0 Å². The Morgan fingerprint density at radius 3 is 2.57 bits per heavy atom. The molecule has 2 aliphatic carbocycles. The molecule has 6 heteroatoms. The van der Waals surface area contributed by atoms with Crippen LogP contribution in [-0.4, -0.2) is 23.0 Å². The van der Waals surface area contributed by atoms with Gasteiger partial charge in [0.25, 0.3) is 0 Å². The van der Waals surface area contributed by atoms with E-state index in [1.165, 1.54) is 50.3 Å². The van der Waals surface area contributed by atoms with E-state index in [2.05, 4.69) is 34.3 Å². The summed E-state index contributed by atoms with van der Waals surface area (Å²) in [5, 5.41) is 0. The van der Waals surface area contributed by atoms with E-state index < -0.39 is 5.97 Å². The van der Waals surface area contributed by atoms with Gasteiger partial charge in [-0.15, -0.1) is 0 Å². The van der Waals surface area contributed by atoms with Gasteiger partial charge in [-0.05, 0) is 68.4 Å². The molecule has 37 heavy (non-hydrogen) atoms. The molecule has 0 radical (unpaired) electrons. The molecule has 0 saturated heterocycles. The Bertz CT molecular complexity index is 1370. The van der Waals surface area contributed by atoms with Gasteiger partial charge in [0.05, 0.1) is 18.7 Å². The topological polar surface area (TPSA) is 70.5 Å². The Labute approximate surface area is 217 Å². The van der Waals surface area contributed by atoms with Gasteiger partial charge in [-0.3, -0.25) is 0 Å². The minimum atomic E-state index is -0.436. The van der Waals surface area contributed by atoms with Crippen molar-refractivity contribution in [3.05, 3.63) is 101 Å². The monoisotopic (exact) mass is 494 g/mol. The lowest BCUT2D eigenvalue weighted by Crippen LogP contribution is -2.11. The molecule has 0 bridgehead atoms. The van der Waals surface area contributed by atoms with Gasteiger partial charge in [-0.1, -0.05) is 54.1 Å². The normalized spacial score (nSPS) is 17.2. The third kappa shape index (κ3) is 5.48. The molecule has 0 spiro atoms. The summed E-state index contributed by atoms with van der Waals surface area (Å²) in [5.41, 5.74) is 5.48. The van der Waals surface area contributed by atoms with Crippen LogP contribution in [0.1, 0.15) is 56.1 Å². The molecule has 0 aliphatic heterocycles. The fourth-order valence-corrected chi connectivity index (χ4v) is 5.09. The largest absolute Gasteiger partial charge is 0.465 e. The number of ether oxygens (including phenoxy) is 3. The molecule has 6 nitrogen and oxygen atoms in total. The molecule has 1 unspecified atom stereocenters. The number of methoxy groups -OCH3 is 1. The SMILES string of the molecule is C/C=C(/C(=O)OC)c1ccccc1Oc1cc(Oc2ccc(C3CCCC4=C3C=CCC4)cc2)ncn1. The van der Waals surface area contributed by atoms with E-state index in [1.807, 2.05) is 24.3 Å². The standard InChI is InChI=1S/C31H30N2O4/c1-3-24(31(34)35-2)27-12-6-7-14-28(27)37-30-19-29(32-20-33-30)36-23-17-15-22(16-18-23)26-13-8-10-21-9-4-5-11-25(21)26/h3,5-7,11-12,14-20,26H,4,8-10,13H2,1-2H3/b24-3+. The molecule has 3 aromatic rings. The van der Waals surface area contributed by atoms with Crippen LogP contribution in [0.3, 0.4) is 0 Å². The van der Waals surface area contributed by atoms with Gasteiger partial charge in [0.15, 0.2) is 0 Å². The summed E-state index contributed by atoms with van der Waals surface area (Å²) in [6.07, 6.45) is 13.7. The summed E-state index contributed by atoms with van der Waals surface area (Å²) in [6, 6.07) is 17.2. The summed E-state index contributed by atoms with van der Waals surface area (Å²) in [5.74, 6) is 1.87. The molecular weight excluding hydrogens is 464 g/mol. The molecule has 2 aliphatic rings. The highest BCUT2D eigenvalue weighted by Gasteiger charge is 2.24. The van der Waals surface area contributed by atoms with Crippen molar-refractivity contribution in [1.29, 1.82) is 0 Å². The smallest absolute Gasteiger partial charge is 0.338 e. The molecule has 1 aromatic heterocycles. The lowest BCUT2D eigenvalue weighted by atomic mass is 9.76. The molecule has 5 rings (SSSR count). The molecule has 0 saturated carbocycles. The number of rotatable bonds is 7. The average molecular weight is 495 g/mol. The lowest BCUT2D eigenvalue weighted by molar-refractivity contribution is -0.133. The number of aromatic nitrogens is 2. The van der Waals surface area contributed by atoms with Crippen LogP contribution in [0.5, 0.6) is 23.3 Å². The predicted molar refractivity (Wildman–Crippen MR) is 143 cm³/mol. The second-order valence-corrected chi connectivity index (χ2v) is 9.10. The molecule has 0 amide bonds. The number of esters is 1. The third-order valence-corrected chi connectivity index (χ3v) is 6.87. The Morgan fingerprint density at radius 2 is 1.78 bits per heavy atom. The Balaban J connectivity index is 1.31. The highest BCUT2D eigenvalue weighted by Crippen LogP contribution is 2.42. The zero-order valence-corrected chi connectivity index (χ0v) is 21.1. The van der Waals surface area contributed by atoms with Crippen LogP contribution in [0.4, 0.5) is 0 Å². The fraction of sp³-hybridized carbons (Fsp3) is 0.258. The number of carbonyl (C=O) groups excluding carboxylic acids is 1. The Hall–Kier alpha value is -4.19. The number of hydrogen-bond acceptors (Lipinski definition) is 6. The maximum Gasteiger partial charge on any atom is 0.338 e. The number of nitrogens with zero attached hydrogens (tertiary/aromatic N) is 2. The number of allylic oxidation sites excluding steroid dienone is 5. The summed E-state index contributed by atoms with van der Waals surface area (Å²) < 4.78 is 16.9. The van der Waals surface area contributed by atoms with Gasteiger partial charge < -0.3 is 14.2 Å². The van der Waals surface area contributed by atoms with E-state index in [4.69, 9.17) is 14.2 Å². The molecule has 0 fully saturated rings. The van der Waals surface area contributed by atoms with Crippen molar-refractivity contribution >= 4 is 11.5 Å². The maximum absolute atomic E-state index is 12.2. The summed E-state index contributed by atoms with van der Waals surface area (Å²) in [7, 11) is 1.35. The van der Waals surface area contributed by atoms with E-state index in [-0.39, 0.29) is 0 Å². The first kappa shape index (κ1) is 24.5. The van der Waals surface area contributed by atoms with Gasteiger partial charge in [0, 0.05) is 11.5 Å². The highest BCUT2D eigenvalue weighted by atomic mass is 16.5. The van der Waals surface area contributed by atoms with E-state index in [0.717, 1.165) is 6.42 Å². The lowest BCUT2D eigenvalue weighted by Gasteiger charge is -2.29. The summed E-state index contributed by atoms with van der Waals surface area (Å²) in [6.45, 7) is 1.78. The van der Waals surface area contributed by atoms with Crippen LogP contribution in [0, 0.1) is 0 Å². The quantitative estimate of drug-likeness (QED) is 0.249. The second-order valence-electron chi connectivity index (χ2n) is 9.10. The second kappa shape index (κ2) is 11.2. The van der Waals surface area contributed by atoms with Crippen molar-refractivity contribution in [3.8, 4) is 23.3 Å². The fourth-order valence-electron chi connectivity index (χ4n) is 5.09.